The summed E-state index contributed by atoms with van der Waals surface area (Å²) >= 11 is 12.1. The van der Waals surface area contributed by atoms with Crippen LogP contribution in [0, 0.1) is 0 Å². The fourth-order valence-corrected chi connectivity index (χ4v) is 1.85. The molecule has 0 saturated carbocycles. The van der Waals surface area contributed by atoms with Gasteiger partial charge in [0.05, 0.1) is 16.1 Å². The number of rotatable bonds is 2. The van der Waals surface area contributed by atoms with Crippen LogP contribution < -0.4 is 5.73 Å². The van der Waals surface area contributed by atoms with Gasteiger partial charge in [-0.15, -0.1) is 0 Å². The minimum absolute atomic E-state index is 0.182. The van der Waals surface area contributed by atoms with Gasteiger partial charge < -0.3 is 5.73 Å². The van der Waals surface area contributed by atoms with Crippen molar-refractivity contribution in [3.63, 3.8) is 0 Å². The standard InChI is InChI=1S/C12H11Cl2N3/c1-7(15)12-16-5-8(6-17-12)9-3-2-4-10(13)11(9)14/h2-7H,15H2,1H3/t7-/m0/s1. The number of hydrogen-bond acceptors (Lipinski definition) is 3. The van der Waals surface area contributed by atoms with E-state index in [2.05, 4.69) is 9.97 Å². The van der Waals surface area contributed by atoms with E-state index in [1.807, 2.05) is 19.1 Å². The maximum absolute atomic E-state index is 6.12. The van der Waals surface area contributed by atoms with Gasteiger partial charge in [-0.3, -0.25) is 0 Å². The molecule has 88 valence electrons. The van der Waals surface area contributed by atoms with Gasteiger partial charge in [0.25, 0.3) is 0 Å². The molecule has 0 amide bonds. The molecule has 2 N–H and O–H groups in total. The highest BCUT2D eigenvalue weighted by Gasteiger charge is 2.08. The van der Waals surface area contributed by atoms with Crippen LogP contribution in [0.1, 0.15) is 18.8 Å². The lowest BCUT2D eigenvalue weighted by molar-refractivity contribution is 0.739. The Morgan fingerprint density at radius 2 is 1.82 bits per heavy atom. The molecule has 0 fully saturated rings. The molecule has 0 radical (unpaired) electrons. The molecule has 1 heterocycles. The van der Waals surface area contributed by atoms with Crippen LogP contribution in [-0.2, 0) is 0 Å². The average Bonchev–Trinajstić information content (AvgIpc) is 2.33. The minimum atomic E-state index is -0.182. The number of nitrogens with zero attached hydrogens (tertiary/aromatic N) is 2. The zero-order valence-corrected chi connectivity index (χ0v) is 10.7. The molecule has 1 aromatic carbocycles. The third-order valence-corrected chi connectivity index (χ3v) is 3.16. The zero-order valence-electron chi connectivity index (χ0n) is 9.19. The third kappa shape index (κ3) is 2.57. The number of nitrogens with two attached hydrogens (primary N) is 1. The quantitative estimate of drug-likeness (QED) is 0.907. The SMILES string of the molecule is C[C@H](N)c1ncc(-c2cccc(Cl)c2Cl)cn1. The van der Waals surface area contributed by atoms with Crippen molar-refractivity contribution in [2.24, 2.45) is 5.73 Å². The summed E-state index contributed by atoms with van der Waals surface area (Å²) in [5.41, 5.74) is 7.32. The van der Waals surface area contributed by atoms with Gasteiger partial charge in [-0.2, -0.15) is 0 Å². The van der Waals surface area contributed by atoms with Gasteiger partial charge in [0.2, 0.25) is 0 Å². The molecule has 0 saturated heterocycles. The second-order valence-corrected chi connectivity index (χ2v) is 4.51. The monoisotopic (exact) mass is 267 g/mol. The topological polar surface area (TPSA) is 51.8 Å². The Kier molecular flexibility index (Phi) is 3.62. The van der Waals surface area contributed by atoms with Crippen molar-refractivity contribution in [2.75, 3.05) is 0 Å². The summed E-state index contributed by atoms with van der Waals surface area (Å²) < 4.78 is 0. The third-order valence-electron chi connectivity index (χ3n) is 2.34. The Labute approximate surface area is 110 Å². The molecule has 0 aliphatic rings. The van der Waals surface area contributed by atoms with Gasteiger partial charge in [0.15, 0.2) is 0 Å². The van der Waals surface area contributed by atoms with E-state index in [1.54, 1.807) is 18.5 Å². The first kappa shape index (κ1) is 12.3. The first-order chi connectivity index (χ1) is 8.09. The second-order valence-electron chi connectivity index (χ2n) is 3.72. The summed E-state index contributed by atoms with van der Waals surface area (Å²) in [4.78, 5) is 8.38. The normalized spacial score (nSPS) is 12.5. The van der Waals surface area contributed by atoms with Crippen molar-refractivity contribution in [3.8, 4) is 11.1 Å². The fraction of sp³-hybridized carbons (Fsp3) is 0.167. The largest absolute Gasteiger partial charge is 0.322 e. The molecule has 2 rings (SSSR count). The van der Waals surface area contributed by atoms with E-state index in [0.29, 0.717) is 15.9 Å². The first-order valence-electron chi connectivity index (χ1n) is 5.11. The zero-order chi connectivity index (χ0) is 12.4. The molecule has 0 spiro atoms. The summed E-state index contributed by atoms with van der Waals surface area (Å²) in [6.07, 6.45) is 3.40. The highest BCUT2D eigenvalue weighted by atomic mass is 35.5. The number of benzene rings is 1. The van der Waals surface area contributed by atoms with Crippen molar-refractivity contribution in [3.05, 3.63) is 46.5 Å². The Hall–Kier alpha value is -1.16. The van der Waals surface area contributed by atoms with E-state index < -0.39 is 0 Å². The van der Waals surface area contributed by atoms with Crippen LogP contribution in [0.4, 0.5) is 0 Å². The lowest BCUT2D eigenvalue weighted by Crippen LogP contribution is -2.09. The summed E-state index contributed by atoms with van der Waals surface area (Å²) in [5, 5.41) is 1.02. The summed E-state index contributed by atoms with van der Waals surface area (Å²) in [6.45, 7) is 1.83. The van der Waals surface area contributed by atoms with Crippen molar-refractivity contribution in [1.82, 2.24) is 9.97 Å². The number of halogens is 2. The van der Waals surface area contributed by atoms with E-state index >= 15 is 0 Å². The fourth-order valence-electron chi connectivity index (χ4n) is 1.44. The van der Waals surface area contributed by atoms with E-state index in [4.69, 9.17) is 28.9 Å². The van der Waals surface area contributed by atoms with Crippen LogP contribution in [-0.4, -0.2) is 9.97 Å². The predicted molar refractivity (Wildman–Crippen MR) is 70.1 cm³/mol. The molecule has 0 bridgehead atoms. The highest BCUT2D eigenvalue weighted by Crippen LogP contribution is 2.32. The lowest BCUT2D eigenvalue weighted by Gasteiger charge is -2.07. The van der Waals surface area contributed by atoms with Crippen molar-refractivity contribution >= 4 is 23.2 Å². The number of aromatic nitrogens is 2. The van der Waals surface area contributed by atoms with Gasteiger partial charge in [0.1, 0.15) is 5.82 Å². The minimum Gasteiger partial charge on any atom is -0.322 e. The summed E-state index contributed by atoms with van der Waals surface area (Å²) in [6, 6.07) is 5.27. The Morgan fingerprint density at radius 1 is 1.18 bits per heavy atom. The van der Waals surface area contributed by atoms with Crippen molar-refractivity contribution < 1.29 is 0 Å². The smallest absolute Gasteiger partial charge is 0.144 e. The molecule has 1 atom stereocenters. The van der Waals surface area contributed by atoms with Crippen LogP contribution in [0.3, 0.4) is 0 Å². The molecular weight excluding hydrogens is 257 g/mol. The maximum atomic E-state index is 6.12. The highest BCUT2D eigenvalue weighted by molar-refractivity contribution is 6.43. The van der Waals surface area contributed by atoms with E-state index in [-0.39, 0.29) is 6.04 Å². The predicted octanol–water partition coefficient (Wildman–Crippen LogP) is 3.47. The maximum Gasteiger partial charge on any atom is 0.144 e. The van der Waals surface area contributed by atoms with Gasteiger partial charge in [-0.25, -0.2) is 9.97 Å². The molecular formula is C12H11Cl2N3. The Bertz CT molecular complexity index is 524. The van der Waals surface area contributed by atoms with Crippen LogP contribution in [0.5, 0.6) is 0 Å². The summed E-state index contributed by atoms with van der Waals surface area (Å²) in [5.74, 6) is 0.604. The van der Waals surface area contributed by atoms with Gasteiger partial charge in [0, 0.05) is 23.5 Å². The van der Waals surface area contributed by atoms with Gasteiger partial charge >= 0.3 is 0 Å². The average molecular weight is 268 g/mol. The molecule has 2 aromatic rings. The Balaban J connectivity index is 2.43. The number of hydrogen-bond donors (Lipinski definition) is 1. The molecule has 3 nitrogen and oxygen atoms in total. The molecule has 0 aliphatic heterocycles. The van der Waals surface area contributed by atoms with E-state index in [9.17, 15) is 0 Å². The van der Waals surface area contributed by atoms with Crippen LogP contribution in [0.15, 0.2) is 30.6 Å². The molecule has 0 aliphatic carbocycles. The second kappa shape index (κ2) is 5.00. The van der Waals surface area contributed by atoms with Crippen molar-refractivity contribution in [1.29, 1.82) is 0 Å². The van der Waals surface area contributed by atoms with Crippen LogP contribution >= 0.6 is 23.2 Å². The first-order valence-corrected chi connectivity index (χ1v) is 5.87. The Morgan fingerprint density at radius 3 is 2.41 bits per heavy atom. The van der Waals surface area contributed by atoms with Crippen LogP contribution in [0.25, 0.3) is 11.1 Å². The molecule has 1 aromatic heterocycles. The molecule has 0 unspecified atom stereocenters. The molecule has 17 heavy (non-hydrogen) atoms. The molecule has 5 heteroatoms. The van der Waals surface area contributed by atoms with Crippen molar-refractivity contribution in [2.45, 2.75) is 13.0 Å². The van der Waals surface area contributed by atoms with Gasteiger partial charge in [-0.1, -0.05) is 35.3 Å². The van der Waals surface area contributed by atoms with E-state index in [0.717, 1.165) is 11.1 Å². The summed E-state index contributed by atoms with van der Waals surface area (Å²) in [7, 11) is 0. The van der Waals surface area contributed by atoms with E-state index in [1.165, 1.54) is 0 Å². The van der Waals surface area contributed by atoms with Crippen LogP contribution in [0.2, 0.25) is 10.0 Å². The lowest BCUT2D eigenvalue weighted by atomic mass is 10.1. The van der Waals surface area contributed by atoms with Gasteiger partial charge in [-0.05, 0) is 13.0 Å².